The van der Waals surface area contributed by atoms with Crippen LogP contribution < -0.4 is 0 Å². The van der Waals surface area contributed by atoms with Crippen molar-refractivity contribution in [2.24, 2.45) is 5.92 Å². The number of amides is 1. The molecule has 11 heteroatoms. The van der Waals surface area contributed by atoms with E-state index in [1.807, 2.05) is 23.1 Å². The number of hydrogen-bond acceptors (Lipinski definition) is 7. The zero-order valence-electron chi connectivity index (χ0n) is 19.8. The number of carbonyl (C=O) groups is 1. The van der Waals surface area contributed by atoms with Gasteiger partial charge < -0.3 is 9.42 Å². The van der Waals surface area contributed by atoms with Crippen LogP contribution in [0.25, 0.3) is 11.4 Å². The number of hydrogen-bond donors (Lipinski definition) is 0. The molecule has 36 heavy (non-hydrogen) atoms. The molecule has 2 saturated heterocycles. The summed E-state index contributed by atoms with van der Waals surface area (Å²) in [6.07, 6.45) is 1.49. The lowest BCUT2D eigenvalue weighted by molar-refractivity contribution is -0.138. The number of piperazine rings is 1. The van der Waals surface area contributed by atoms with E-state index in [0.29, 0.717) is 49.5 Å². The summed E-state index contributed by atoms with van der Waals surface area (Å²) < 4.78 is 32.6. The van der Waals surface area contributed by atoms with Crippen LogP contribution in [-0.4, -0.2) is 77.8 Å². The van der Waals surface area contributed by atoms with E-state index in [1.165, 1.54) is 4.31 Å². The Bertz CT molecular complexity index is 1300. The summed E-state index contributed by atoms with van der Waals surface area (Å²) in [4.78, 5) is 21.9. The lowest BCUT2D eigenvalue weighted by atomic mass is 9.95. The van der Waals surface area contributed by atoms with E-state index < -0.39 is 10.0 Å². The topological polar surface area (TPSA) is 99.8 Å². The molecule has 0 radical (unpaired) electrons. The van der Waals surface area contributed by atoms with Crippen molar-refractivity contribution in [2.75, 3.05) is 39.3 Å². The minimum Gasteiger partial charge on any atom is -0.340 e. The Morgan fingerprint density at radius 1 is 0.944 bits per heavy atom. The maximum Gasteiger partial charge on any atom is 0.243 e. The van der Waals surface area contributed by atoms with Crippen LogP contribution in [0.4, 0.5) is 0 Å². The molecule has 2 fully saturated rings. The van der Waals surface area contributed by atoms with Gasteiger partial charge in [-0.2, -0.15) is 9.29 Å². The van der Waals surface area contributed by atoms with Crippen molar-refractivity contribution in [1.29, 1.82) is 0 Å². The smallest absolute Gasteiger partial charge is 0.243 e. The summed E-state index contributed by atoms with van der Waals surface area (Å²) in [5.74, 6) is 1.05. The zero-order chi connectivity index (χ0) is 25.1. The van der Waals surface area contributed by atoms with Crippen molar-refractivity contribution >= 4 is 27.5 Å². The van der Waals surface area contributed by atoms with Gasteiger partial charge in [-0.3, -0.25) is 9.69 Å². The van der Waals surface area contributed by atoms with E-state index in [4.69, 9.17) is 16.1 Å². The number of sulfonamides is 1. The highest BCUT2D eigenvalue weighted by atomic mass is 35.5. The summed E-state index contributed by atoms with van der Waals surface area (Å²) in [7, 11) is -3.53. The molecular formula is C25H28ClN5O4S. The number of carbonyl (C=O) groups excluding carboxylic acids is 1. The monoisotopic (exact) mass is 529 g/mol. The number of nitrogens with zero attached hydrogens (tertiary/aromatic N) is 5. The van der Waals surface area contributed by atoms with Gasteiger partial charge >= 0.3 is 0 Å². The third kappa shape index (κ3) is 5.31. The van der Waals surface area contributed by atoms with Crippen molar-refractivity contribution in [3.63, 3.8) is 0 Å². The Balaban J connectivity index is 1.10. The van der Waals surface area contributed by atoms with Gasteiger partial charge in [0.25, 0.3) is 0 Å². The highest BCUT2D eigenvalue weighted by Gasteiger charge is 2.34. The van der Waals surface area contributed by atoms with Crippen LogP contribution in [0.2, 0.25) is 5.02 Å². The van der Waals surface area contributed by atoms with Crippen molar-refractivity contribution in [1.82, 2.24) is 24.2 Å². The summed E-state index contributed by atoms with van der Waals surface area (Å²) in [5.41, 5.74) is 0.732. The summed E-state index contributed by atoms with van der Waals surface area (Å²) in [6.45, 7) is 3.48. The van der Waals surface area contributed by atoms with Crippen LogP contribution in [-0.2, 0) is 21.4 Å². The lowest BCUT2D eigenvalue weighted by Gasteiger charge is -2.38. The molecule has 1 aromatic heterocycles. The van der Waals surface area contributed by atoms with Gasteiger partial charge in [-0.05, 0) is 50.2 Å². The third-order valence-corrected chi connectivity index (χ3v) is 9.05. The quantitative estimate of drug-likeness (QED) is 0.483. The number of halogens is 1. The Hall–Kier alpha value is -2.79. The van der Waals surface area contributed by atoms with Crippen LogP contribution in [0.3, 0.4) is 0 Å². The molecule has 0 aliphatic carbocycles. The SMILES string of the molecule is O=C(C1CCN(Cc2nc(-c3ccccc3Cl)no2)CC1)N1CCN(S(=O)(=O)c2ccccc2)CC1. The number of likely N-dealkylation sites (tertiary alicyclic amines) is 1. The predicted molar refractivity (Wildman–Crippen MR) is 135 cm³/mol. The van der Waals surface area contributed by atoms with Crippen LogP contribution in [0.5, 0.6) is 0 Å². The van der Waals surface area contributed by atoms with Crippen LogP contribution in [0.15, 0.2) is 64.0 Å². The number of aromatic nitrogens is 2. The van der Waals surface area contributed by atoms with E-state index in [1.54, 1.807) is 36.4 Å². The number of benzene rings is 2. The molecule has 1 amide bonds. The molecular weight excluding hydrogens is 502 g/mol. The largest absolute Gasteiger partial charge is 0.340 e. The molecule has 0 atom stereocenters. The van der Waals surface area contributed by atoms with Crippen molar-refractivity contribution in [3.05, 3.63) is 65.5 Å². The fourth-order valence-corrected chi connectivity index (χ4v) is 6.41. The first-order valence-corrected chi connectivity index (χ1v) is 13.9. The van der Waals surface area contributed by atoms with Crippen LogP contribution >= 0.6 is 11.6 Å². The second-order valence-electron chi connectivity index (χ2n) is 9.08. The van der Waals surface area contributed by atoms with Gasteiger partial charge in [-0.1, -0.05) is 47.1 Å². The minimum absolute atomic E-state index is 0.0556. The zero-order valence-corrected chi connectivity index (χ0v) is 21.4. The number of rotatable bonds is 6. The van der Waals surface area contributed by atoms with Crippen molar-refractivity contribution < 1.29 is 17.7 Å². The molecule has 2 aliphatic heterocycles. The third-order valence-electron chi connectivity index (χ3n) is 6.81. The molecule has 190 valence electrons. The van der Waals surface area contributed by atoms with Crippen molar-refractivity contribution in [2.45, 2.75) is 24.3 Å². The molecule has 3 heterocycles. The molecule has 3 aromatic rings. The Labute approximate surface area is 215 Å². The van der Waals surface area contributed by atoms with Gasteiger partial charge in [0.1, 0.15) is 0 Å². The average molecular weight is 530 g/mol. The van der Waals surface area contributed by atoms with Crippen LogP contribution in [0.1, 0.15) is 18.7 Å². The summed E-state index contributed by atoms with van der Waals surface area (Å²) >= 11 is 6.23. The first-order valence-electron chi connectivity index (χ1n) is 12.1. The summed E-state index contributed by atoms with van der Waals surface area (Å²) in [5, 5.41) is 4.63. The first-order chi connectivity index (χ1) is 17.4. The lowest BCUT2D eigenvalue weighted by Crippen LogP contribution is -2.52. The van der Waals surface area contributed by atoms with Crippen LogP contribution in [0, 0.1) is 5.92 Å². The molecule has 2 aromatic carbocycles. The maximum absolute atomic E-state index is 13.1. The number of piperidine rings is 1. The van der Waals surface area contributed by atoms with Gasteiger partial charge in [0, 0.05) is 37.7 Å². The maximum atomic E-state index is 13.1. The van der Waals surface area contributed by atoms with E-state index in [9.17, 15) is 13.2 Å². The molecule has 2 aliphatic rings. The average Bonchev–Trinajstić information content (AvgIpc) is 3.37. The Morgan fingerprint density at radius 2 is 1.61 bits per heavy atom. The Kier molecular flexibility index (Phi) is 7.38. The fourth-order valence-electron chi connectivity index (χ4n) is 4.75. The molecule has 5 rings (SSSR count). The first kappa shape index (κ1) is 24.9. The van der Waals surface area contributed by atoms with Gasteiger partial charge in [-0.25, -0.2) is 8.42 Å². The predicted octanol–water partition coefficient (Wildman–Crippen LogP) is 3.14. The van der Waals surface area contributed by atoms with E-state index in [0.717, 1.165) is 31.5 Å². The molecule has 0 saturated carbocycles. The minimum atomic E-state index is -3.53. The molecule has 0 bridgehead atoms. The second-order valence-corrected chi connectivity index (χ2v) is 11.4. The molecule has 9 nitrogen and oxygen atoms in total. The van der Waals surface area contributed by atoms with E-state index in [2.05, 4.69) is 15.0 Å². The van der Waals surface area contributed by atoms with Gasteiger partial charge in [-0.15, -0.1) is 0 Å². The molecule has 0 unspecified atom stereocenters. The fraction of sp³-hybridized carbons (Fsp3) is 0.400. The van der Waals surface area contributed by atoms with Gasteiger partial charge in [0.05, 0.1) is 16.5 Å². The highest BCUT2D eigenvalue weighted by molar-refractivity contribution is 7.89. The molecule has 0 N–H and O–H groups in total. The Morgan fingerprint density at radius 3 is 2.31 bits per heavy atom. The second kappa shape index (κ2) is 10.7. The van der Waals surface area contributed by atoms with E-state index in [-0.39, 0.29) is 16.7 Å². The van der Waals surface area contributed by atoms with Gasteiger partial charge in [0.2, 0.25) is 27.6 Å². The van der Waals surface area contributed by atoms with E-state index >= 15 is 0 Å². The highest BCUT2D eigenvalue weighted by Crippen LogP contribution is 2.26. The van der Waals surface area contributed by atoms with Crippen molar-refractivity contribution in [3.8, 4) is 11.4 Å². The molecule has 0 spiro atoms. The normalized spacial score (nSPS) is 18.4. The van der Waals surface area contributed by atoms with Gasteiger partial charge in [0.15, 0.2) is 0 Å². The summed E-state index contributed by atoms with van der Waals surface area (Å²) in [6, 6.07) is 15.8. The standard InChI is InChI=1S/C25H28ClN5O4S/c26-22-9-5-4-8-21(22)24-27-23(35-28-24)18-29-12-10-19(11-13-29)25(32)30-14-16-31(17-15-30)36(33,34)20-6-2-1-3-7-20/h1-9,19H,10-18H2.